The zero-order valence-electron chi connectivity index (χ0n) is 14.3. The average molecular weight is 342 g/mol. The van der Waals surface area contributed by atoms with Crippen molar-refractivity contribution in [2.75, 3.05) is 0 Å². The first-order valence-electron chi connectivity index (χ1n) is 8.46. The molecule has 2 amide bonds. The van der Waals surface area contributed by atoms with Crippen LogP contribution in [0.1, 0.15) is 48.9 Å². The first-order chi connectivity index (χ1) is 12.0. The Morgan fingerprint density at radius 2 is 1.92 bits per heavy atom. The summed E-state index contributed by atoms with van der Waals surface area (Å²) < 4.78 is 0. The molecule has 1 aliphatic rings. The molecule has 0 saturated heterocycles. The Kier molecular flexibility index (Phi) is 5.06. The van der Waals surface area contributed by atoms with Gasteiger partial charge in [-0.3, -0.25) is 9.59 Å². The van der Waals surface area contributed by atoms with Crippen molar-refractivity contribution in [3.63, 3.8) is 0 Å². The van der Waals surface area contributed by atoms with E-state index in [2.05, 4.69) is 26.0 Å². The lowest BCUT2D eigenvalue weighted by Gasteiger charge is -2.14. The molecule has 1 heterocycles. The summed E-state index contributed by atoms with van der Waals surface area (Å²) in [6.45, 7) is 3.79. The summed E-state index contributed by atoms with van der Waals surface area (Å²) in [6, 6.07) is 8.81. The van der Waals surface area contributed by atoms with Gasteiger partial charge in [0.25, 0.3) is 5.91 Å². The van der Waals surface area contributed by atoms with Crippen LogP contribution in [0.5, 0.6) is 0 Å². The molecule has 0 bridgehead atoms. The van der Waals surface area contributed by atoms with Crippen LogP contribution in [-0.4, -0.2) is 38.1 Å². The van der Waals surface area contributed by atoms with Crippen LogP contribution in [0, 0.1) is 5.92 Å². The van der Waals surface area contributed by atoms with Gasteiger partial charge in [-0.25, -0.2) is 0 Å². The van der Waals surface area contributed by atoms with Gasteiger partial charge < -0.3 is 10.6 Å². The minimum absolute atomic E-state index is 0.00913. The third kappa shape index (κ3) is 4.62. The molecule has 1 atom stereocenters. The van der Waals surface area contributed by atoms with Gasteiger partial charge >= 0.3 is 0 Å². The molecule has 0 radical (unpaired) electrons. The predicted molar refractivity (Wildman–Crippen MR) is 90.5 cm³/mol. The minimum Gasteiger partial charge on any atom is -0.352 e. The van der Waals surface area contributed by atoms with E-state index in [0.717, 1.165) is 12.8 Å². The second-order valence-corrected chi connectivity index (χ2v) is 6.55. The highest BCUT2D eigenvalue weighted by molar-refractivity contribution is 5.94. The summed E-state index contributed by atoms with van der Waals surface area (Å²) in [5.74, 6) is 0.431. The van der Waals surface area contributed by atoms with Crippen molar-refractivity contribution in [3.8, 4) is 0 Å². The molecule has 1 aromatic heterocycles. The Labute approximate surface area is 146 Å². The summed E-state index contributed by atoms with van der Waals surface area (Å²) in [4.78, 5) is 25.5. The number of nitrogens with one attached hydrogen (secondary N) is 2. The van der Waals surface area contributed by atoms with E-state index in [1.165, 1.54) is 4.80 Å². The van der Waals surface area contributed by atoms with Crippen LogP contribution in [0.15, 0.2) is 30.3 Å². The van der Waals surface area contributed by atoms with E-state index in [1.54, 1.807) is 12.1 Å². The summed E-state index contributed by atoms with van der Waals surface area (Å²) in [7, 11) is 0. The van der Waals surface area contributed by atoms with Crippen LogP contribution in [0.4, 0.5) is 0 Å². The van der Waals surface area contributed by atoms with E-state index in [4.69, 9.17) is 0 Å². The van der Waals surface area contributed by atoms with Gasteiger partial charge in [0, 0.05) is 11.6 Å². The monoisotopic (exact) mass is 342 g/mol. The number of nitrogens with zero attached hydrogens (tertiary/aromatic N) is 4. The van der Waals surface area contributed by atoms with Gasteiger partial charge in [-0.2, -0.15) is 4.80 Å². The highest BCUT2D eigenvalue weighted by Gasteiger charge is 2.36. The van der Waals surface area contributed by atoms with Crippen molar-refractivity contribution in [1.82, 2.24) is 30.8 Å². The number of carbonyl (C=O) groups excluding carboxylic acids is 2. The second kappa shape index (κ2) is 7.42. The van der Waals surface area contributed by atoms with Gasteiger partial charge in [0.1, 0.15) is 6.54 Å². The second-order valence-electron chi connectivity index (χ2n) is 6.55. The maximum Gasteiger partial charge on any atom is 0.251 e. The summed E-state index contributed by atoms with van der Waals surface area (Å²) in [6.07, 6.45) is 2.03. The predicted octanol–water partition coefficient (Wildman–Crippen LogP) is 1.08. The molecule has 132 valence electrons. The molecule has 0 unspecified atom stereocenters. The Hall–Kier alpha value is -2.77. The number of rotatable bonds is 7. The first-order valence-corrected chi connectivity index (χ1v) is 8.46. The highest BCUT2D eigenvalue weighted by Crippen LogP contribution is 2.39. The maximum atomic E-state index is 12.4. The fourth-order valence-corrected chi connectivity index (χ4v) is 2.58. The van der Waals surface area contributed by atoms with Gasteiger partial charge in [-0.15, -0.1) is 10.2 Å². The van der Waals surface area contributed by atoms with E-state index in [9.17, 15) is 9.59 Å². The SMILES string of the molecule is CC(C)NC(=O)Cn1nnc([C@@H](NC(=O)c2ccccc2)C2CC2)n1. The number of hydrogen-bond donors (Lipinski definition) is 2. The van der Waals surface area contributed by atoms with Crippen LogP contribution in [0.25, 0.3) is 0 Å². The number of tetrazole rings is 1. The van der Waals surface area contributed by atoms with E-state index in [-0.39, 0.29) is 30.4 Å². The largest absolute Gasteiger partial charge is 0.352 e. The molecule has 1 fully saturated rings. The molecule has 1 saturated carbocycles. The van der Waals surface area contributed by atoms with Crippen LogP contribution in [-0.2, 0) is 11.3 Å². The normalized spacial score (nSPS) is 15.0. The lowest BCUT2D eigenvalue weighted by molar-refractivity contribution is -0.122. The van der Waals surface area contributed by atoms with Crippen molar-refractivity contribution in [1.29, 1.82) is 0 Å². The van der Waals surface area contributed by atoms with Crippen molar-refractivity contribution in [3.05, 3.63) is 41.7 Å². The molecule has 25 heavy (non-hydrogen) atoms. The quantitative estimate of drug-likeness (QED) is 0.784. The Morgan fingerprint density at radius 1 is 1.20 bits per heavy atom. The molecule has 0 aliphatic heterocycles. The van der Waals surface area contributed by atoms with Crippen LogP contribution in [0.2, 0.25) is 0 Å². The molecule has 2 aromatic rings. The number of amides is 2. The van der Waals surface area contributed by atoms with Crippen molar-refractivity contribution in [2.24, 2.45) is 5.92 Å². The maximum absolute atomic E-state index is 12.4. The van der Waals surface area contributed by atoms with Gasteiger partial charge in [-0.05, 0) is 50.0 Å². The van der Waals surface area contributed by atoms with Crippen LogP contribution < -0.4 is 10.6 Å². The lowest BCUT2D eigenvalue weighted by Crippen LogP contribution is -2.34. The molecule has 1 aliphatic carbocycles. The van der Waals surface area contributed by atoms with E-state index >= 15 is 0 Å². The molecule has 3 rings (SSSR count). The number of aromatic nitrogens is 4. The molecular formula is C17H22N6O2. The number of hydrogen-bond acceptors (Lipinski definition) is 5. The van der Waals surface area contributed by atoms with Crippen LogP contribution in [0.3, 0.4) is 0 Å². The number of benzene rings is 1. The highest BCUT2D eigenvalue weighted by atomic mass is 16.2. The zero-order valence-corrected chi connectivity index (χ0v) is 14.3. The fraction of sp³-hybridized carbons (Fsp3) is 0.471. The topological polar surface area (TPSA) is 102 Å². The average Bonchev–Trinajstić information content (AvgIpc) is 3.32. The molecule has 1 aromatic carbocycles. The molecule has 8 nitrogen and oxygen atoms in total. The first kappa shape index (κ1) is 17.1. The third-order valence-corrected chi connectivity index (χ3v) is 3.90. The summed E-state index contributed by atoms with van der Waals surface area (Å²) >= 11 is 0. The smallest absolute Gasteiger partial charge is 0.251 e. The molecule has 2 N–H and O–H groups in total. The number of carbonyl (C=O) groups is 2. The van der Waals surface area contributed by atoms with E-state index in [0.29, 0.717) is 17.3 Å². The van der Waals surface area contributed by atoms with Crippen molar-refractivity contribution >= 4 is 11.8 Å². The van der Waals surface area contributed by atoms with E-state index in [1.807, 2.05) is 32.0 Å². The minimum atomic E-state index is -0.283. The van der Waals surface area contributed by atoms with Gasteiger partial charge in [0.05, 0.1) is 6.04 Å². The summed E-state index contributed by atoms with van der Waals surface area (Å²) in [5, 5.41) is 18.0. The fourth-order valence-electron chi connectivity index (χ4n) is 2.58. The Bertz CT molecular complexity index is 739. The van der Waals surface area contributed by atoms with Crippen LogP contribution >= 0.6 is 0 Å². The van der Waals surface area contributed by atoms with Crippen molar-refractivity contribution in [2.45, 2.75) is 45.3 Å². The zero-order chi connectivity index (χ0) is 17.8. The Balaban J connectivity index is 1.67. The summed E-state index contributed by atoms with van der Waals surface area (Å²) in [5.41, 5.74) is 0.594. The lowest BCUT2D eigenvalue weighted by atomic mass is 10.1. The Morgan fingerprint density at radius 3 is 2.56 bits per heavy atom. The molecular weight excluding hydrogens is 320 g/mol. The standard InChI is InChI=1S/C17H22N6O2/c1-11(2)18-14(24)10-23-21-16(20-22-23)15(12-8-9-12)19-17(25)13-6-4-3-5-7-13/h3-7,11-12,15H,8-10H2,1-2H3,(H,18,24)(H,19,25)/t15-/m0/s1. The molecule has 0 spiro atoms. The van der Waals surface area contributed by atoms with E-state index < -0.39 is 0 Å². The molecule has 8 heteroatoms. The third-order valence-electron chi connectivity index (χ3n) is 3.90. The van der Waals surface area contributed by atoms with Gasteiger partial charge in [-0.1, -0.05) is 18.2 Å². The van der Waals surface area contributed by atoms with Gasteiger partial charge in [0.15, 0.2) is 5.82 Å². The van der Waals surface area contributed by atoms with Crippen molar-refractivity contribution < 1.29 is 9.59 Å². The van der Waals surface area contributed by atoms with Gasteiger partial charge in [0.2, 0.25) is 5.91 Å².